The van der Waals surface area contributed by atoms with E-state index < -0.39 is 0 Å². The lowest BCUT2D eigenvalue weighted by molar-refractivity contribution is -0.139. The quantitative estimate of drug-likeness (QED) is 0.724. The number of aryl methyl sites for hydroxylation is 2. The van der Waals surface area contributed by atoms with Gasteiger partial charge in [-0.2, -0.15) is 0 Å². The SMILES string of the molecule is CCc1onc(C)c1-c1cccc([C@H]2CN(C(=O)CCN3CCCCC3)CCO2)n1. The number of hydrogen-bond acceptors (Lipinski definition) is 6. The fraction of sp³-hybridized carbons (Fsp3) is 0.609. The van der Waals surface area contributed by atoms with Crippen molar-refractivity contribution in [1.29, 1.82) is 0 Å². The molecule has 0 bridgehead atoms. The van der Waals surface area contributed by atoms with Crippen molar-refractivity contribution in [3.05, 3.63) is 35.3 Å². The van der Waals surface area contributed by atoms with Crippen molar-refractivity contribution < 1.29 is 14.1 Å². The molecule has 0 saturated carbocycles. The molecule has 0 aromatic carbocycles. The maximum atomic E-state index is 12.8. The van der Waals surface area contributed by atoms with E-state index in [1.165, 1.54) is 19.3 Å². The third-order valence-corrected chi connectivity index (χ3v) is 6.12. The van der Waals surface area contributed by atoms with Gasteiger partial charge in [0, 0.05) is 25.9 Å². The fourth-order valence-corrected chi connectivity index (χ4v) is 4.41. The van der Waals surface area contributed by atoms with Crippen LogP contribution < -0.4 is 0 Å². The van der Waals surface area contributed by atoms with Gasteiger partial charge in [-0.05, 0) is 45.0 Å². The van der Waals surface area contributed by atoms with E-state index in [1.54, 1.807) is 0 Å². The van der Waals surface area contributed by atoms with E-state index in [-0.39, 0.29) is 12.0 Å². The fourth-order valence-electron chi connectivity index (χ4n) is 4.41. The van der Waals surface area contributed by atoms with Crippen LogP contribution in [0.25, 0.3) is 11.3 Å². The second kappa shape index (κ2) is 9.71. The van der Waals surface area contributed by atoms with Gasteiger partial charge in [-0.1, -0.05) is 24.6 Å². The Hall–Kier alpha value is -2.25. The van der Waals surface area contributed by atoms with Gasteiger partial charge in [0.1, 0.15) is 11.9 Å². The van der Waals surface area contributed by atoms with Gasteiger partial charge in [0.05, 0.1) is 35.8 Å². The van der Waals surface area contributed by atoms with E-state index in [0.29, 0.717) is 26.1 Å². The van der Waals surface area contributed by atoms with E-state index >= 15 is 0 Å². The van der Waals surface area contributed by atoms with Crippen LogP contribution in [0.15, 0.2) is 22.7 Å². The average molecular weight is 413 g/mol. The van der Waals surface area contributed by atoms with Crippen LogP contribution in [0.2, 0.25) is 0 Å². The van der Waals surface area contributed by atoms with E-state index in [4.69, 9.17) is 14.2 Å². The summed E-state index contributed by atoms with van der Waals surface area (Å²) in [5.74, 6) is 1.06. The van der Waals surface area contributed by atoms with Gasteiger partial charge in [-0.25, -0.2) is 4.98 Å². The van der Waals surface area contributed by atoms with Gasteiger partial charge in [0.2, 0.25) is 5.91 Å². The number of pyridine rings is 1. The molecule has 4 rings (SSSR count). The number of nitrogens with zero attached hydrogens (tertiary/aromatic N) is 4. The summed E-state index contributed by atoms with van der Waals surface area (Å²) in [6.07, 6.45) is 4.96. The highest BCUT2D eigenvalue weighted by Gasteiger charge is 2.27. The standard InChI is InChI=1S/C23H32N4O3/c1-3-20-23(17(2)25-30-20)19-9-7-8-18(24-19)21-16-27(14-15-29-21)22(28)10-13-26-11-5-4-6-12-26/h7-9,21H,3-6,10-16H2,1-2H3/t21-/m1/s1. The number of piperidine rings is 1. The zero-order chi connectivity index (χ0) is 20.9. The molecule has 2 aromatic heterocycles. The largest absolute Gasteiger partial charge is 0.368 e. The lowest BCUT2D eigenvalue weighted by Gasteiger charge is -2.34. The van der Waals surface area contributed by atoms with Crippen molar-refractivity contribution >= 4 is 5.91 Å². The Kier molecular flexibility index (Phi) is 6.79. The van der Waals surface area contributed by atoms with Gasteiger partial charge in [0.25, 0.3) is 0 Å². The molecule has 4 heterocycles. The van der Waals surface area contributed by atoms with Crippen molar-refractivity contribution in [3.63, 3.8) is 0 Å². The number of aromatic nitrogens is 2. The second-order valence-corrected chi connectivity index (χ2v) is 8.22. The third-order valence-electron chi connectivity index (χ3n) is 6.12. The molecule has 0 unspecified atom stereocenters. The van der Waals surface area contributed by atoms with Crippen LogP contribution in [-0.2, 0) is 16.0 Å². The number of rotatable bonds is 6. The van der Waals surface area contributed by atoms with Gasteiger partial charge < -0.3 is 19.1 Å². The zero-order valence-electron chi connectivity index (χ0n) is 18.1. The van der Waals surface area contributed by atoms with Gasteiger partial charge >= 0.3 is 0 Å². The highest BCUT2D eigenvalue weighted by Crippen LogP contribution is 2.29. The van der Waals surface area contributed by atoms with Crippen LogP contribution in [0.4, 0.5) is 0 Å². The molecule has 0 N–H and O–H groups in total. The molecule has 2 aromatic rings. The number of amides is 1. The Morgan fingerprint density at radius 3 is 2.83 bits per heavy atom. The van der Waals surface area contributed by atoms with E-state index in [1.807, 2.05) is 36.9 Å². The number of morpholine rings is 1. The Morgan fingerprint density at radius 2 is 2.03 bits per heavy atom. The lowest BCUT2D eigenvalue weighted by atomic mass is 10.1. The second-order valence-electron chi connectivity index (χ2n) is 8.22. The first-order valence-electron chi connectivity index (χ1n) is 11.2. The summed E-state index contributed by atoms with van der Waals surface area (Å²) in [6, 6.07) is 5.95. The molecule has 7 nitrogen and oxygen atoms in total. The first-order valence-corrected chi connectivity index (χ1v) is 11.2. The van der Waals surface area contributed by atoms with Crippen molar-refractivity contribution in [2.24, 2.45) is 0 Å². The van der Waals surface area contributed by atoms with Crippen LogP contribution in [-0.4, -0.2) is 65.2 Å². The number of carbonyl (C=O) groups excluding carboxylic acids is 1. The van der Waals surface area contributed by atoms with Crippen LogP contribution >= 0.6 is 0 Å². The van der Waals surface area contributed by atoms with Crippen molar-refractivity contribution in [3.8, 4) is 11.3 Å². The van der Waals surface area contributed by atoms with Crippen molar-refractivity contribution in [2.75, 3.05) is 39.3 Å². The van der Waals surface area contributed by atoms with Crippen LogP contribution in [0.5, 0.6) is 0 Å². The minimum atomic E-state index is -0.206. The van der Waals surface area contributed by atoms with Gasteiger partial charge in [-0.15, -0.1) is 0 Å². The average Bonchev–Trinajstić information content (AvgIpc) is 3.19. The molecule has 0 radical (unpaired) electrons. The molecule has 2 saturated heterocycles. The molecule has 7 heteroatoms. The molecule has 1 atom stereocenters. The number of hydrogen-bond donors (Lipinski definition) is 0. The molecule has 0 spiro atoms. The molecule has 162 valence electrons. The van der Waals surface area contributed by atoms with E-state index in [0.717, 1.165) is 54.5 Å². The number of likely N-dealkylation sites (tertiary alicyclic amines) is 1. The predicted molar refractivity (Wildman–Crippen MR) is 114 cm³/mol. The molecule has 2 aliphatic rings. The number of ether oxygens (including phenoxy) is 1. The first kappa shape index (κ1) is 21.0. The normalized spacial score (nSPS) is 20.5. The minimum absolute atomic E-state index is 0.206. The molecule has 2 fully saturated rings. The summed E-state index contributed by atoms with van der Waals surface area (Å²) in [5, 5.41) is 4.10. The lowest BCUT2D eigenvalue weighted by Crippen LogP contribution is -2.43. The highest BCUT2D eigenvalue weighted by atomic mass is 16.5. The monoisotopic (exact) mass is 412 g/mol. The highest BCUT2D eigenvalue weighted by molar-refractivity contribution is 5.76. The summed E-state index contributed by atoms with van der Waals surface area (Å²) >= 11 is 0. The summed E-state index contributed by atoms with van der Waals surface area (Å²) in [5.41, 5.74) is 3.50. The maximum absolute atomic E-state index is 12.8. The summed E-state index contributed by atoms with van der Waals surface area (Å²) < 4.78 is 11.4. The van der Waals surface area contributed by atoms with E-state index in [9.17, 15) is 4.79 Å². The Morgan fingerprint density at radius 1 is 1.20 bits per heavy atom. The van der Waals surface area contributed by atoms with Gasteiger partial charge in [0.15, 0.2) is 0 Å². The molecular formula is C23H32N4O3. The summed E-state index contributed by atoms with van der Waals surface area (Å²) in [4.78, 5) is 22.0. The predicted octanol–water partition coefficient (Wildman–Crippen LogP) is 3.38. The topological polar surface area (TPSA) is 71.7 Å². The van der Waals surface area contributed by atoms with Gasteiger partial charge in [-0.3, -0.25) is 4.79 Å². The Bertz CT molecular complexity index is 860. The maximum Gasteiger partial charge on any atom is 0.224 e. The van der Waals surface area contributed by atoms with E-state index in [2.05, 4.69) is 10.1 Å². The zero-order valence-corrected chi connectivity index (χ0v) is 18.1. The van der Waals surface area contributed by atoms with Crippen LogP contribution in [0, 0.1) is 6.92 Å². The van der Waals surface area contributed by atoms with Crippen LogP contribution in [0.3, 0.4) is 0 Å². The molecule has 2 aliphatic heterocycles. The Balaban J connectivity index is 1.42. The summed E-state index contributed by atoms with van der Waals surface area (Å²) in [7, 11) is 0. The molecule has 30 heavy (non-hydrogen) atoms. The number of carbonyl (C=O) groups is 1. The van der Waals surface area contributed by atoms with Crippen LogP contribution in [0.1, 0.15) is 55.9 Å². The first-order chi connectivity index (χ1) is 14.7. The molecular weight excluding hydrogens is 380 g/mol. The molecule has 1 amide bonds. The smallest absolute Gasteiger partial charge is 0.224 e. The third kappa shape index (κ3) is 4.73. The van der Waals surface area contributed by atoms with Crippen molar-refractivity contribution in [1.82, 2.24) is 19.9 Å². The minimum Gasteiger partial charge on any atom is -0.368 e. The van der Waals surface area contributed by atoms with Crippen molar-refractivity contribution in [2.45, 2.75) is 52.1 Å². The Labute approximate surface area is 178 Å². The molecule has 0 aliphatic carbocycles. The summed E-state index contributed by atoms with van der Waals surface area (Å²) in [6.45, 7) is 8.84.